The molecule has 0 saturated carbocycles. The zero-order chi connectivity index (χ0) is 14.7. The molecule has 0 saturated heterocycles. The molecule has 6 heteroatoms. The van der Waals surface area contributed by atoms with Gasteiger partial charge in [0, 0.05) is 11.1 Å². The van der Waals surface area contributed by atoms with Crippen LogP contribution in [-0.2, 0) is 0 Å². The van der Waals surface area contributed by atoms with Crippen LogP contribution in [0.5, 0.6) is 0 Å². The number of benzene rings is 1. The van der Waals surface area contributed by atoms with Crippen LogP contribution in [0.2, 0.25) is 0 Å². The lowest BCUT2D eigenvalue weighted by molar-refractivity contribution is 0.318. The topological polar surface area (TPSA) is 76.4 Å². The number of hydrogen-bond acceptors (Lipinski definition) is 4. The largest absolute Gasteiger partial charge is 0.409 e. The van der Waals surface area contributed by atoms with E-state index in [0.717, 1.165) is 16.3 Å². The second-order valence-corrected chi connectivity index (χ2v) is 5.53. The lowest BCUT2D eigenvalue weighted by Crippen LogP contribution is -2.18. The average Bonchev–Trinajstić information content (AvgIpc) is 2.95. The van der Waals surface area contributed by atoms with Crippen LogP contribution >= 0.6 is 11.8 Å². The van der Waals surface area contributed by atoms with Gasteiger partial charge in [-0.1, -0.05) is 25.1 Å². The number of oxime groups is 1. The summed E-state index contributed by atoms with van der Waals surface area (Å²) >= 11 is 1.55. The normalized spacial score (nSPS) is 12.1. The Morgan fingerprint density at radius 3 is 2.70 bits per heavy atom. The number of hydrogen-bond donors (Lipinski definition) is 2. The summed E-state index contributed by atoms with van der Waals surface area (Å²) in [5.41, 5.74) is 8.33. The van der Waals surface area contributed by atoms with Crippen molar-refractivity contribution in [2.45, 2.75) is 24.7 Å². The number of rotatable bonds is 4. The number of amidine groups is 1. The maximum Gasteiger partial charge on any atom is 0.173 e. The van der Waals surface area contributed by atoms with Crippen molar-refractivity contribution < 1.29 is 5.21 Å². The third kappa shape index (κ3) is 2.65. The molecule has 0 aliphatic heterocycles. The van der Waals surface area contributed by atoms with Crippen molar-refractivity contribution in [2.24, 2.45) is 10.9 Å². The predicted octanol–water partition coefficient (Wildman–Crippen LogP) is 2.81. The van der Waals surface area contributed by atoms with E-state index in [1.165, 1.54) is 0 Å². The minimum absolute atomic E-state index is 0.0894. The molecule has 0 aliphatic rings. The smallest absolute Gasteiger partial charge is 0.173 e. The van der Waals surface area contributed by atoms with Crippen LogP contribution in [0, 0.1) is 0 Å². The van der Waals surface area contributed by atoms with Gasteiger partial charge in [-0.15, -0.1) is 11.8 Å². The molecule has 0 aliphatic carbocycles. The summed E-state index contributed by atoms with van der Waals surface area (Å²) in [4.78, 5) is 0.944. The molecule has 0 fully saturated rings. The van der Waals surface area contributed by atoms with Crippen molar-refractivity contribution in [1.82, 2.24) is 9.78 Å². The maximum atomic E-state index is 9.00. The molecule has 20 heavy (non-hydrogen) atoms. The van der Waals surface area contributed by atoms with E-state index in [0.29, 0.717) is 11.5 Å². The fourth-order valence-electron chi connectivity index (χ4n) is 1.97. The standard InChI is InChI=1S/C14H18N4OS/c1-9(2)10-7-8-18(16-10)11-5-4-6-12(20-3)13(11)14(15)17-19/h4-9,19H,1-3H3,(H2,15,17). The Morgan fingerprint density at radius 1 is 1.40 bits per heavy atom. The van der Waals surface area contributed by atoms with Crippen LogP contribution in [-0.4, -0.2) is 27.1 Å². The molecule has 0 spiro atoms. The molecule has 0 amide bonds. The first-order chi connectivity index (χ1) is 9.58. The third-order valence-corrected chi connectivity index (χ3v) is 3.82. The van der Waals surface area contributed by atoms with Gasteiger partial charge in [0.1, 0.15) is 0 Å². The first kappa shape index (κ1) is 14.5. The molecule has 0 unspecified atom stereocenters. The number of nitrogens with zero attached hydrogens (tertiary/aromatic N) is 3. The summed E-state index contributed by atoms with van der Waals surface area (Å²) in [6, 6.07) is 7.76. The quantitative estimate of drug-likeness (QED) is 0.298. The molecule has 1 heterocycles. The highest BCUT2D eigenvalue weighted by atomic mass is 32.2. The highest BCUT2D eigenvalue weighted by molar-refractivity contribution is 7.98. The van der Waals surface area contributed by atoms with Gasteiger partial charge in [-0.3, -0.25) is 0 Å². The predicted molar refractivity (Wildman–Crippen MR) is 81.9 cm³/mol. The minimum Gasteiger partial charge on any atom is -0.409 e. The fraction of sp³-hybridized carbons (Fsp3) is 0.286. The monoisotopic (exact) mass is 290 g/mol. The Bertz CT molecular complexity index is 634. The summed E-state index contributed by atoms with van der Waals surface area (Å²) in [7, 11) is 0. The van der Waals surface area contributed by atoms with Crippen LogP contribution in [0.4, 0.5) is 0 Å². The Morgan fingerprint density at radius 2 is 2.15 bits per heavy atom. The molecule has 1 aromatic heterocycles. The van der Waals surface area contributed by atoms with Crippen molar-refractivity contribution in [3.8, 4) is 5.69 Å². The first-order valence-electron chi connectivity index (χ1n) is 6.29. The molecule has 5 nitrogen and oxygen atoms in total. The van der Waals surface area contributed by atoms with Gasteiger partial charge in [0.25, 0.3) is 0 Å². The van der Waals surface area contributed by atoms with E-state index >= 15 is 0 Å². The maximum absolute atomic E-state index is 9.00. The molecular weight excluding hydrogens is 272 g/mol. The molecule has 3 N–H and O–H groups in total. The molecule has 0 bridgehead atoms. The summed E-state index contributed by atoms with van der Waals surface area (Å²) in [6.07, 6.45) is 3.85. The van der Waals surface area contributed by atoms with Crippen LogP contribution in [0.25, 0.3) is 5.69 Å². The van der Waals surface area contributed by atoms with Gasteiger partial charge in [-0.2, -0.15) is 5.10 Å². The Labute approximate surface area is 122 Å². The number of aromatic nitrogens is 2. The molecule has 2 rings (SSSR count). The molecule has 2 aromatic rings. The Balaban J connectivity index is 2.60. The Hall–Kier alpha value is -1.95. The SMILES string of the molecule is CSc1cccc(-n2ccc(C(C)C)n2)c1/C(N)=N/O. The van der Waals surface area contributed by atoms with E-state index in [4.69, 9.17) is 10.9 Å². The van der Waals surface area contributed by atoms with Crippen molar-refractivity contribution >= 4 is 17.6 Å². The molecule has 1 aromatic carbocycles. The van der Waals surface area contributed by atoms with Crippen LogP contribution in [0.3, 0.4) is 0 Å². The van der Waals surface area contributed by atoms with Gasteiger partial charge in [0.15, 0.2) is 5.84 Å². The van der Waals surface area contributed by atoms with Gasteiger partial charge in [0.2, 0.25) is 0 Å². The van der Waals surface area contributed by atoms with Crippen LogP contribution < -0.4 is 5.73 Å². The number of nitrogens with two attached hydrogens (primary N) is 1. The molecule has 0 atom stereocenters. The first-order valence-corrected chi connectivity index (χ1v) is 7.51. The van der Waals surface area contributed by atoms with Crippen LogP contribution in [0.15, 0.2) is 40.5 Å². The van der Waals surface area contributed by atoms with Gasteiger partial charge in [-0.05, 0) is 30.4 Å². The van der Waals surface area contributed by atoms with Crippen molar-refractivity contribution in [1.29, 1.82) is 0 Å². The van der Waals surface area contributed by atoms with Crippen molar-refractivity contribution in [3.63, 3.8) is 0 Å². The van der Waals surface area contributed by atoms with Crippen LogP contribution in [0.1, 0.15) is 31.0 Å². The molecular formula is C14H18N4OS. The van der Waals surface area contributed by atoms with E-state index in [9.17, 15) is 0 Å². The van der Waals surface area contributed by atoms with Crippen molar-refractivity contribution in [2.75, 3.05) is 6.26 Å². The minimum atomic E-state index is 0.0894. The van der Waals surface area contributed by atoms with E-state index < -0.39 is 0 Å². The van der Waals surface area contributed by atoms with Gasteiger partial charge >= 0.3 is 0 Å². The summed E-state index contributed by atoms with van der Waals surface area (Å²) in [6.45, 7) is 4.19. The zero-order valence-electron chi connectivity index (χ0n) is 11.7. The highest BCUT2D eigenvalue weighted by Crippen LogP contribution is 2.26. The molecule has 106 valence electrons. The van der Waals surface area contributed by atoms with E-state index in [1.807, 2.05) is 36.7 Å². The van der Waals surface area contributed by atoms with E-state index in [1.54, 1.807) is 16.4 Å². The lowest BCUT2D eigenvalue weighted by Gasteiger charge is -2.12. The lowest BCUT2D eigenvalue weighted by atomic mass is 10.1. The van der Waals surface area contributed by atoms with E-state index in [2.05, 4.69) is 24.1 Å². The summed E-state index contributed by atoms with van der Waals surface area (Å²) in [5, 5.41) is 16.7. The third-order valence-electron chi connectivity index (χ3n) is 3.04. The van der Waals surface area contributed by atoms with Gasteiger partial charge < -0.3 is 10.9 Å². The summed E-state index contributed by atoms with van der Waals surface area (Å²) in [5.74, 6) is 0.443. The second kappa shape index (κ2) is 6.00. The van der Waals surface area contributed by atoms with Gasteiger partial charge in [0.05, 0.1) is 16.9 Å². The number of thioether (sulfide) groups is 1. The zero-order valence-corrected chi connectivity index (χ0v) is 12.6. The average molecular weight is 290 g/mol. The Kier molecular flexibility index (Phi) is 4.34. The fourth-order valence-corrected chi connectivity index (χ4v) is 2.60. The van der Waals surface area contributed by atoms with E-state index in [-0.39, 0.29) is 5.84 Å². The molecule has 0 radical (unpaired) electrons. The van der Waals surface area contributed by atoms with Crippen molar-refractivity contribution in [3.05, 3.63) is 41.7 Å². The van der Waals surface area contributed by atoms with Gasteiger partial charge in [-0.25, -0.2) is 4.68 Å². The second-order valence-electron chi connectivity index (χ2n) is 4.68. The summed E-state index contributed by atoms with van der Waals surface area (Å²) < 4.78 is 1.77. The highest BCUT2D eigenvalue weighted by Gasteiger charge is 2.15.